The van der Waals surface area contributed by atoms with Gasteiger partial charge in [0.2, 0.25) is 10.0 Å². The van der Waals surface area contributed by atoms with Crippen LogP contribution in [0.1, 0.15) is 34.6 Å². The minimum absolute atomic E-state index is 0.0331. The Kier molecular flexibility index (Phi) is 6.63. The minimum atomic E-state index is -4.11. The van der Waals surface area contributed by atoms with E-state index in [0.717, 1.165) is 24.2 Å². The minimum Gasteiger partial charge on any atom is -0.318 e. The number of hydrogen-bond donors (Lipinski definition) is 2. The van der Waals surface area contributed by atoms with Crippen LogP contribution in [0.4, 0.5) is 0 Å². The maximum atomic E-state index is 12.7. The van der Waals surface area contributed by atoms with Gasteiger partial charge in [0.25, 0.3) is 15.9 Å². The van der Waals surface area contributed by atoms with Crippen molar-refractivity contribution in [1.29, 1.82) is 0 Å². The van der Waals surface area contributed by atoms with E-state index in [4.69, 9.17) is 0 Å². The first-order chi connectivity index (χ1) is 16.1. The summed E-state index contributed by atoms with van der Waals surface area (Å²) in [6.07, 6.45) is 1.62. The normalized spacial score (nSPS) is 14.9. The molecule has 1 aromatic heterocycles. The molecule has 0 aliphatic carbocycles. The molecule has 4 rings (SSSR count). The van der Waals surface area contributed by atoms with Crippen molar-refractivity contribution in [3.63, 3.8) is 0 Å². The fraction of sp³-hybridized carbons (Fsp3) is 0.261. The van der Waals surface area contributed by atoms with Gasteiger partial charge in [-0.1, -0.05) is 18.2 Å². The van der Waals surface area contributed by atoms with Crippen molar-refractivity contribution < 1.29 is 21.6 Å². The van der Waals surface area contributed by atoms with Crippen LogP contribution in [0.15, 0.2) is 70.5 Å². The number of amides is 1. The highest BCUT2D eigenvalue weighted by Crippen LogP contribution is 2.23. The van der Waals surface area contributed by atoms with Crippen LogP contribution in [0.2, 0.25) is 0 Å². The van der Waals surface area contributed by atoms with Gasteiger partial charge in [0.15, 0.2) is 0 Å². The lowest BCUT2D eigenvalue weighted by Gasteiger charge is -2.15. The highest BCUT2D eigenvalue weighted by Gasteiger charge is 2.27. The molecule has 3 aromatic rings. The zero-order chi connectivity index (χ0) is 24.5. The summed E-state index contributed by atoms with van der Waals surface area (Å²) >= 11 is 0. The Morgan fingerprint density at radius 3 is 2.06 bits per heavy atom. The van der Waals surface area contributed by atoms with Crippen molar-refractivity contribution >= 4 is 26.0 Å². The number of aryl methyl sites for hydroxylation is 1. The molecule has 0 atom stereocenters. The number of nitrogens with one attached hydrogen (secondary N) is 2. The predicted octanol–water partition coefficient (Wildman–Crippen LogP) is 2.50. The molecule has 0 bridgehead atoms. The van der Waals surface area contributed by atoms with Gasteiger partial charge in [0.1, 0.15) is 0 Å². The van der Waals surface area contributed by atoms with E-state index in [9.17, 15) is 21.6 Å². The number of aromatic nitrogens is 1. The van der Waals surface area contributed by atoms with Crippen LogP contribution in [0.3, 0.4) is 0 Å². The summed E-state index contributed by atoms with van der Waals surface area (Å²) in [6, 6.07) is 16.1. The predicted molar refractivity (Wildman–Crippen MR) is 127 cm³/mol. The second-order valence-corrected chi connectivity index (χ2v) is 11.7. The monoisotopic (exact) mass is 502 g/mol. The number of sulfonamides is 2. The van der Waals surface area contributed by atoms with Crippen molar-refractivity contribution in [3.8, 4) is 5.69 Å². The second-order valence-electron chi connectivity index (χ2n) is 8.10. The van der Waals surface area contributed by atoms with Gasteiger partial charge >= 0.3 is 0 Å². The topological polar surface area (TPSA) is 118 Å². The molecule has 0 spiro atoms. The van der Waals surface area contributed by atoms with Crippen LogP contribution in [-0.4, -0.2) is 44.7 Å². The molecule has 0 radical (unpaired) electrons. The summed E-state index contributed by atoms with van der Waals surface area (Å²) in [5, 5.41) is 0. The average Bonchev–Trinajstić information content (AvgIpc) is 3.47. The van der Waals surface area contributed by atoms with Crippen LogP contribution in [0.5, 0.6) is 0 Å². The van der Waals surface area contributed by atoms with Gasteiger partial charge in [-0.2, -0.15) is 4.31 Å². The van der Waals surface area contributed by atoms with Gasteiger partial charge < -0.3 is 4.57 Å². The lowest BCUT2D eigenvalue weighted by atomic mass is 10.2. The first-order valence-corrected chi connectivity index (χ1v) is 13.7. The first-order valence-electron chi connectivity index (χ1n) is 10.8. The van der Waals surface area contributed by atoms with Gasteiger partial charge in [-0.3, -0.25) is 10.2 Å². The van der Waals surface area contributed by atoms with Crippen molar-refractivity contribution in [2.24, 2.45) is 0 Å². The van der Waals surface area contributed by atoms with E-state index in [1.165, 1.54) is 28.6 Å². The Balaban J connectivity index is 1.48. The smallest absolute Gasteiger partial charge is 0.268 e. The Labute approximate surface area is 199 Å². The van der Waals surface area contributed by atoms with Gasteiger partial charge in [0.05, 0.1) is 15.4 Å². The molecule has 180 valence electrons. The van der Waals surface area contributed by atoms with Crippen LogP contribution < -0.4 is 10.3 Å². The van der Waals surface area contributed by atoms with Gasteiger partial charge in [-0.15, -0.1) is 4.83 Å². The Morgan fingerprint density at radius 2 is 1.44 bits per heavy atom. The molecule has 2 heterocycles. The van der Waals surface area contributed by atoms with E-state index in [1.54, 1.807) is 13.0 Å². The highest BCUT2D eigenvalue weighted by atomic mass is 32.2. The summed E-state index contributed by atoms with van der Waals surface area (Å²) in [7, 11) is -7.76. The van der Waals surface area contributed by atoms with E-state index in [1.807, 2.05) is 41.8 Å². The van der Waals surface area contributed by atoms with E-state index in [2.05, 4.69) is 10.3 Å². The maximum Gasteiger partial charge on any atom is 0.268 e. The molecule has 34 heavy (non-hydrogen) atoms. The summed E-state index contributed by atoms with van der Waals surface area (Å²) in [4.78, 5) is 14.7. The lowest BCUT2D eigenvalue weighted by molar-refractivity contribution is 0.0944. The van der Waals surface area contributed by atoms with Crippen LogP contribution in [-0.2, 0) is 20.0 Å². The molecular formula is C23H26N4O5S2. The molecule has 1 aliphatic heterocycles. The van der Waals surface area contributed by atoms with E-state index in [-0.39, 0.29) is 9.79 Å². The number of nitrogens with zero attached hydrogens (tertiary/aromatic N) is 2. The third kappa shape index (κ3) is 4.64. The molecule has 1 aliphatic rings. The van der Waals surface area contributed by atoms with Crippen LogP contribution in [0, 0.1) is 13.8 Å². The average molecular weight is 503 g/mol. The second kappa shape index (κ2) is 9.34. The first kappa shape index (κ1) is 24.1. The number of benzene rings is 2. The third-order valence-corrected chi connectivity index (χ3v) is 9.00. The quantitative estimate of drug-likeness (QED) is 0.482. The van der Waals surface area contributed by atoms with Crippen molar-refractivity contribution in [3.05, 3.63) is 77.6 Å². The Bertz CT molecular complexity index is 1410. The van der Waals surface area contributed by atoms with E-state index < -0.39 is 26.0 Å². The molecule has 9 nitrogen and oxygen atoms in total. The fourth-order valence-electron chi connectivity index (χ4n) is 4.08. The molecule has 2 aromatic carbocycles. The molecule has 1 fully saturated rings. The molecule has 0 unspecified atom stereocenters. The zero-order valence-electron chi connectivity index (χ0n) is 18.9. The molecule has 2 N–H and O–H groups in total. The molecule has 1 saturated heterocycles. The molecule has 11 heteroatoms. The Hall–Kier alpha value is -2.99. The standard InChI is InChI=1S/C23H26N4O5S2/c1-17-16-22(18(2)27(17)19-8-4-3-5-9-19)23(28)24-25-33(29,30)20-10-12-21(13-11-20)34(31,32)26-14-6-7-15-26/h3-5,8-13,16,25H,6-7,14-15H2,1-2H3,(H,24,28). The van der Waals surface area contributed by atoms with Crippen molar-refractivity contribution in [1.82, 2.24) is 19.1 Å². The number of hydrazine groups is 1. The van der Waals surface area contributed by atoms with Gasteiger partial charge in [-0.05, 0) is 69.2 Å². The summed E-state index contributed by atoms with van der Waals surface area (Å²) < 4.78 is 53.9. The SMILES string of the molecule is Cc1cc(C(=O)NNS(=O)(=O)c2ccc(S(=O)(=O)N3CCCC3)cc2)c(C)n1-c1ccccc1. The fourth-order valence-corrected chi connectivity index (χ4v) is 6.43. The largest absolute Gasteiger partial charge is 0.318 e. The van der Waals surface area contributed by atoms with E-state index >= 15 is 0 Å². The number of carbonyl (C=O) groups excluding carboxylic acids is 1. The van der Waals surface area contributed by atoms with Crippen LogP contribution in [0.25, 0.3) is 5.69 Å². The summed E-state index contributed by atoms with van der Waals surface area (Å²) in [5.74, 6) is -0.605. The van der Waals surface area contributed by atoms with Crippen molar-refractivity contribution in [2.75, 3.05) is 13.1 Å². The van der Waals surface area contributed by atoms with E-state index in [0.29, 0.717) is 24.3 Å². The van der Waals surface area contributed by atoms with Crippen LogP contribution >= 0.6 is 0 Å². The van der Waals surface area contributed by atoms with Gasteiger partial charge in [-0.25, -0.2) is 16.8 Å². The zero-order valence-corrected chi connectivity index (χ0v) is 20.5. The maximum absolute atomic E-state index is 12.7. The highest BCUT2D eigenvalue weighted by molar-refractivity contribution is 7.89. The lowest BCUT2D eigenvalue weighted by Crippen LogP contribution is -2.41. The Morgan fingerprint density at radius 1 is 0.853 bits per heavy atom. The number of hydrogen-bond acceptors (Lipinski definition) is 5. The number of carbonyl (C=O) groups is 1. The van der Waals surface area contributed by atoms with Gasteiger partial charge in [0, 0.05) is 30.2 Å². The third-order valence-electron chi connectivity index (χ3n) is 5.83. The summed E-state index contributed by atoms with van der Waals surface area (Å²) in [5.41, 5.74) is 4.95. The molecule has 1 amide bonds. The summed E-state index contributed by atoms with van der Waals surface area (Å²) in [6.45, 7) is 4.56. The number of para-hydroxylation sites is 1. The number of rotatable bonds is 7. The van der Waals surface area contributed by atoms with Crippen molar-refractivity contribution in [2.45, 2.75) is 36.5 Å². The molecular weight excluding hydrogens is 476 g/mol. The molecule has 0 saturated carbocycles.